The van der Waals surface area contributed by atoms with E-state index in [1.165, 1.54) is 10.9 Å². The van der Waals surface area contributed by atoms with Gasteiger partial charge in [0.2, 0.25) is 0 Å². The molecule has 0 heterocycles. The number of methoxy groups -OCH3 is 1. The van der Waals surface area contributed by atoms with Crippen molar-refractivity contribution >= 4 is 22.4 Å². The van der Waals surface area contributed by atoms with Crippen molar-refractivity contribution in [1.82, 2.24) is 0 Å². The number of benzene rings is 3. The van der Waals surface area contributed by atoms with E-state index in [0.29, 0.717) is 13.2 Å². The van der Waals surface area contributed by atoms with Crippen LogP contribution in [0.2, 0.25) is 0 Å². The zero-order valence-corrected chi connectivity index (χ0v) is 16.6. The Kier molecular flexibility index (Phi) is 6.50. The predicted molar refractivity (Wildman–Crippen MR) is 112 cm³/mol. The van der Waals surface area contributed by atoms with E-state index in [9.17, 15) is 4.79 Å². The molecule has 5 heteroatoms. The number of quaternary nitrogens is 1. The summed E-state index contributed by atoms with van der Waals surface area (Å²) in [7, 11) is 3.70. The largest absolute Gasteiger partial charge is 0.497 e. The third-order valence-electron chi connectivity index (χ3n) is 4.53. The van der Waals surface area contributed by atoms with E-state index in [-0.39, 0.29) is 5.91 Å². The number of carbonyl (C=O) groups excluding carboxylic acids is 1. The molecule has 0 radical (unpaired) electrons. The molecule has 0 aliphatic heterocycles. The fraction of sp³-hybridized carbons (Fsp3) is 0.261. The molecule has 0 fully saturated rings. The third kappa shape index (κ3) is 5.24. The van der Waals surface area contributed by atoms with Crippen molar-refractivity contribution in [3.8, 4) is 11.5 Å². The van der Waals surface area contributed by atoms with Crippen molar-refractivity contribution in [1.29, 1.82) is 0 Å². The smallest absolute Gasteiger partial charge is 0.279 e. The normalized spacial score (nSPS) is 11.8. The highest BCUT2D eigenvalue weighted by Gasteiger charge is 2.11. The lowest BCUT2D eigenvalue weighted by atomic mass is 10.1. The molecule has 1 amide bonds. The van der Waals surface area contributed by atoms with Crippen molar-refractivity contribution in [3.05, 3.63) is 66.2 Å². The minimum Gasteiger partial charge on any atom is -0.497 e. The van der Waals surface area contributed by atoms with Crippen LogP contribution in [0.3, 0.4) is 0 Å². The molecule has 146 valence electrons. The predicted octanol–water partition coefficient (Wildman–Crippen LogP) is 2.90. The van der Waals surface area contributed by atoms with Gasteiger partial charge in [0, 0.05) is 11.3 Å². The molecular weight excluding hydrogens is 352 g/mol. The summed E-state index contributed by atoms with van der Waals surface area (Å²) < 4.78 is 10.7. The zero-order valence-electron chi connectivity index (χ0n) is 16.6. The summed E-state index contributed by atoms with van der Waals surface area (Å²) in [5, 5.41) is 5.26. The summed E-state index contributed by atoms with van der Waals surface area (Å²) in [5.74, 6) is 1.65. The standard InChI is InChI=1S/C23H26N2O3/c1-4-28-21-11-8-20(9-12-21)24-23(26)16-25(2)15-17-5-6-19-14-22(27-3)10-7-18(19)13-17/h5-14H,4,15-16H2,1-3H3,(H,24,26)/p+1. The Labute approximate surface area is 165 Å². The van der Waals surface area contributed by atoms with Crippen LogP contribution < -0.4 is 19.7 Å². The fourth-order valence-corrected chi connectivity index (χ4v) is 3.20. The van der Waals surface area contributed by atoms with Crippen LogP contribution in [0.25, 0.3) is 10.8 Å². The molecule has 0 bridgehead atoms. The molecule has 5 nitrogen and oxygen atoms in total. The highest BCUT2D eigenvalue weighted by Crippen LogP contribution is 2.21. The van der Waals surface area contributed by atoms with Crippen molar-refractivity contribution in [2.45, 2.75) is 13.5 Å². The van der Waals surface area contributed by atoms with Gasteiger partial charge in [0.25, 0.3) is 5.91 Å². The SMILES string of the molecule is CCOc1ccc(NC(=O)C[NH+](C)Cc2ccc3cc(OC)ccc3c2)cc1. The number of carbonyl (C=O) groups is 1. The van der Waals surface area contributed by atoms with Crippen LogP contribution in [0.1, 0.15) is 12.5 Å². The Morgan fingerprint density at radius 2 is 1.64 bits per heavy atom. The summed E-state index contributed by atoms with van der Waals surface area (Å²) in [4.78, 5) is 13.5. The first kappa shape index (κ1) is 19.7. The van der Waals surface area contributed by atoms with E-state index in [4.69, 9.17) is 9.47 Å². The number of rotatable bonds is 8. The van der Waals surface area contributed by atoms with Crippen LogP contribution in [-0.2, 0) is 11.3 Å². The van der Waals surface area contributed by atoms with Crippen LogP contribution in [0.5, 0.6) is 11.5 Å². The minimum atomic E-state index is -0.00724. The average Bonchev–Trinajstić information content (AvgIpc) is 2.69. The third-order valence-corrected chi connectivity index (χ3v) is 4.53. The van der Waals surface area contributed by atoms with Crippen LogP contribution in [0.15, 0.2) is 60.7 Å². The first-order valence-electron chi connectivity index (χ1n) is 9.48. The van der Waals surface area contributed by atoms with Crippen molar-refractivity contribution in [3.63, 3.8) is 0 Å². The molecule has 0 saturated heterocycles. The van der Waals surface area contributed by atoms with Gasteiger partial charge in [-0.2, -0.15) is 0 Å². The lowest BCUT2D eigenvalue weighted by Crippen LogP contribution is -3.08. The van der Waals surface area contributed by atoms with Gasteiger partial charge < -0.3 is 19.7 Å². The van der Waals surface area contributed by atoms with Gasteiger partial charge in [0.05, 0.1) is 20.8 Å². The molecule has 0 saturated carbocycles. The Bertz CT molecular complexity index is 938. The number of hydrogen-bond acceptors (Lipinski definition) is 3. The van der Waals surface area contributed by atoms with Crippen LogP contribution in [0, 0.1) is 0 Å². The summed E-state index contributed by atoms with van der Waals surface area (Å²) in [6.07, 6.45) is 0. The molecule has 3 aromatic rings. The summed E-state index contributed by atoms with van der Waals surface area (Å²) >= 11 is 0. The number of fused-ring (bicyclic) bond motifs is 1. The average molecular weight is 379 g/mol. The highest BCUT2D eigenvalue weighted by molar-refractivity contribution is 5.91. The Balaban J connectivity index is 1.56. The molecule has 3 aromatic carbocycles. The van der Waals surface area contributed by atoms with Crippen LogP contribution >= 0.6 is 0 Å². The maximum atomic E-state index is 12.3. The summed E-state index contributed by atoms with van der Waals surface area (Å²) in [5.41, 5.74) is 1.98. The maximum absolute atomic E-state index is 12.3. The molecule has 1 atom stereocenters. The number of amides is 1. The Morgan fingerprint density at radius 1 is 0.964 bits per heavy atom. The molecule has 28 heavy (non-hydrogen) atoms. The summed E-state index contributed by atoms with van der Waals surface area (Å²) in [6.45, 7) is 3.75. The molecule has 0 spiro atoms. The van der Waals surface area contributed by atoms with E-state index in [1.807, 2.05) is 50.4 Å². The van der Waals surface area contributed by atoms with E-state index < -0.39 is 0 Å². The van der Waals surface area contributed by atoms with Gasteiger partial charge in [-0.05, 0) is 60.2 Å². The van der Waals surface area contributed by atoms with Gasteiger partial charge in [0.1, 0.15) is 18.0 Å². The van der Waals surface area contributed by atoms with Crippen molar-refractivity contribution < 1.29 is 19.2 Å². The second kappa shape index (κ2) is 9.24. The van der Waals surface area contributed by atoms with E-state index in [0.717, 1.165) is 34.0 Å². The van der Waals surface area contributed by atoms with E-state index in [1.54, 1.807) is 7.11 Å². The molecule has 2 N–H and O–H groups in total. The van der Waals surface area contributed by atoms with Gasteiger partial charge in [-0.25, -0.2) is 0 Å². The van der Waals surface area contributed by atoms with E-state index >= 15 is 0 Å². The van der Waals surface area contributed by atoms with Gasteiger partial charge in [-0.1, -0.05) is 18.2 Å². The molecule has 0 aliphatic carbocycles. The number of likely N-dealkylation sites (N-methyl/N-ethyl adjacent to an activating group) is 1. The number of hydrogen-bond donors (Lipinski definition) is 2. The van der Waals surface area contributed by atoms with Crippen LogP contribution in [-0.4, -0.2) is 33.2 Å². The summed E-state index contributed by atoms with van der Waals surface area (Å²) in [6, 6.07) is 19.9. The lowest BCUT2D eigenvalue weighted by molar-refractivity contribution is -0.885. The van der Waals surface area contributed by atoms with Crippen LogP contribution in [0.4, 0.5) is 5.69 Å². The zero-order chi connectivity index (χ0) is 19.9. The fourth-order valence-electron chi connectivity index (χ4n) is 3.20. The first-order chi connectivity index (χ1) is 13.6. The topological polar surface area (TPSA) is 52.0 Å². The number of nitrogens with one attached hydrogen (secondary N) is 2. The Hall–Kier alpha value is -3.05. The Morgan fingerprint density at radius 3 is 2.36 bits per heavy atom. The molecular formula is C23H27N2O3+. The second-order valence-electron chi connectivity index (χ2n) is 6.86. The molecule has 0 aromatic heterocycles. The van der Waals surface area contributed by atoms with Crippen molar-refractivity contribution in [2.75, 3.05) is 32.6 Å². The van der Waals surface area contributed by atoms with Gasteiger partial charge >= 0.3 is 0 Å². The van der Waals surface area contributed by atoms with Gasteiger partial charge in [0.15, 0.2) is 6.54 Å². The lowest BCUT2D eigenvalue weighted by Gasteiger charge is -2.15. The van der Waals surface area contributed by atoms with Gasteiger partial charge in [-0.3, -0.25) is 4.79 Å². The van der Waals surface area contributed by atoms with Gasteiger partial charge in [-0.15, -0.1) is 0 Å². The first-order valence-corrected chi connectivity index (χ1v) is 9.48. The number of anilines is 1. The monoisotopic (exact) mass is 379 g/mol. The highest BCUT2D eigenvalue weighted by atomic mass is 16.5. The van der Waals surface area contributed by atoms with E-state index in [2.05, 4.69) is 29.6 Å². The quantitative estimate of drug-likeness (QED) is 0.633. The van der Waals surface area contributed by atoms with Crippen molar-refractivity contribution in [2.24, 2.45) is 0 Å². The molecule has 3 rings (SSSR count). The molecule has 1 unspecified atom stereocenters. The number of ether oxygens (including phenoxy) is 2. The molecule has 0 aliphatic rings. The second-order valence-corrected chi connectivity index (χ2v) is 6.86. The minimum absolute atomic E-state index is 0.00724. The maximum Gasteiger partial charge on any atom is 0.279 e.